The third-order valence-corrected chi connectivity index (χ3v) is 3.01. The zero-order chi connectivity index (χ0) is 14.2. The van der Waals surface area contributed by atoms with Gasteiger partial charge in [0, 0.05) is 17.8 Å². The number of rotatable bonds is 2. The first-order valence-electron chi connectivity index (χ1n) is 5.75. The molecule has 2 aromatic heterocycles. The molecule has 0 bridgehead atoms. The monoisotopic (exact) mass is 279 g/mol. The van der Waals surface area contributed by atoms with Gasteiger partial charge in [0.15, 0.2) is 5.69 Å². The molecule has 100 valence electrons. The predicted molar refractivity (Wildman–Crippen MR) is 72.0 cm³/mol. The maximum Gasteiger partial charge on any atom is 0.358 e. The van der Waals surface area contributed by atoms with Crippen molar-refractivity contribution in [3.63, 3.8) is 0 Å². The topological polar surface area (TPSA) is 68.0 Å². The van der Waals surface area contributed by atoms with Crippen LogP contribution in [0.1, 0.15) is 37.0 Å². The molecule has 0 radical (unpaired) electrons. The highest BCUT2D eigenvalue weighted by Gasteiger charge is 2.29. The van der Waals surface area contributed by atoms with Gasteiger partial charge in [0.2, 0.25) is 0 Å². The molecule has 2 rings (SSSR count). The number of hydrogen-bond acceptors (Lipinski definition) is 3. The largest absolute Gasteiger partial charge is 0.476 e. The molecule has 5 nitrogen and oxygen atoms in total. The van der Waals surface area contributed by atoms with Crippen LogP contribution >= 0.6 is 11.6 Å². The van der Waals surface area contributed by atoms with Gasteiger partial charge in [0.25, 0.3) is 0 Å². The van der Waals surface area contributed by atoms with Gasteiger partial charge in [0.1, 0.15) is 0 Å². The first kappa shape index (κ1) is 13.5. The number of nitrogens with zero attached hydrogens (tertiary/aromatic N) is 3. The lowest BCUT2D eigenvalue weighted by atomic mass is 9.91. The zero-order valence-electron chi connectivity index (χ0n) is 10.9. The van der Waals surface area contributed by atoms with Crippen LogP contribution in [0.4, 0.5) is 0 Å². The van der Waals surface area contributed by atoms with Crippen LogP contribution in [0.2, 0.25) is 5.02 Å². The summed E-state index contributed by atoms with van der Waals surface area (Å²) in [6, 6.07) is 3.51. The Morgan fingerprint density at radius 2 is 1.89 bits per heavy atom. The summed E-state index contributed by atoms with van der Waals surface area (Å²) in [5, 5.41) is 13.4. The van der Waals surface area contributed by atoms with Gasteiger partial charge in [-0.25, -0.2) is 9.48 Å². The van der Waals surface area contributed by atoms with Crippen molar-refractivity contribution in [2.45, 2.75) is 26.2 Å². The molecule has 0 aromatic carbocycles. The van der Waals surface area contributed by atoms with Gasteiger partial charge < -0.3 is 5.11 Å². The molecule has 0 unspecified atom stereocenters. The van der Waals surface area contributed by atoms with Crippen LogP contribution < -0.4 is 0 Å². The molecular weight excluding hydrogens is 266 g/mol. The molecule has 0 atom stereocenters. The van der Waals surface area contributed by atoms with Crippen LogP contribution in [-0.4, -0.2) is 25.8 Å². The minimum absolute atomic E-state index is 0.136. The third kappa shape index (κ3) is 2.46. The Labute approximate surface area is 115 Å². The average Bonchev–Trinajstić information content (AvgIpc) is 2.68. The second-order valence-electron chi connectivity index (χ2n) is 5.18. The van der Waals surface area contributed by atoms with Crippen molar-refractivity contribution in [1.29, 1.82) is 0 Å². The molecule has 1 N–H and O–H groups in total. The summed E-state index contributed by atoms with van der Waals surface area (Å²) in [5.74, 6) is -1.14. The number of aromatic nitrogens is 3. The Hall–Kier alpha value is -1.88. The van der Waals surface area contributed by atoms with Crippen LogP contribution in [0.3, 0.4) is 0 Å². The maximum atomic E-state index is 11.2. The second kappa shape index (κ2) is 4.66. The molecule has 19 heavy (non-hydrogen) atoms. The number of pyridine rings is 1. The molecule has 0 aliphatic carbocycles. The zero-order valence-corrected chi connectivity index (χ0v) is 11.6. The van der Waals surface area contributed by atoms with Gasteiger partial charge in [-0.05, 0) is 12.1 Å². The predicted octanol–water partition coefficient (Wildman–Crippen LogP) is 2.92. The first-order chi connectivity index (χ1) is 8.82. The normalized spacial score (nSPS) is 11.6. The van der Waals surface area contributed by atoms with Gasteiger partial charge in [-0.15, -0.1) is 0 Å². The Bertz CT molecular complexity index is 615. The fourth-order valence-electron chi connectivity index (χ4n) is 1.85. The Balaban J connectivity index is 2.74. The van der Waals surface area contributed by atoms with Crippen LogP contribution in [0.15, 0.2) is 24.5 Å². The van der Waals surface area contributed by atoms with Crippen molar-refractivity contribution in [1.82, 2.24) is 14.8 Å². The quantitative estimate of drug-likeness (QED) is 0.918. The summed E-state index contributed by atoms with van der Waals surface area (Å²) in [6.07, 6.45) is 3.25. The van der Waals surface area contributed by atoms with E-state index in [2.05, 4.69) is 10.1 Å². The molecule has 2 heterocycles. The van der Waals surface area contributed by atoms with E-state index in [4.69, 9.17) is 16.7 Å². The number of carboxylic acids is 1. The molecule has 2 aromatic rings. The lowest BCUT2D eigenvalue weighted by Crippen LogP contribution is -2.18. The van der Waals surface area contributed by atoms with E-state index in [0.29, 0.717) is 5.69 Å². The third-order valence-electron chi connectivity index (χ3n) is 2.65. The molecule has 0 fully saturated rings. The minimum atomic E-state index is -1.14. The summed E-state index contributed by atoms with van der Waals surface area (Å²) in [5.41, 5.74) is 0.927. The number of carboxylic acid groups (broad SMARTS) is 1. The Morgan fingerprint density at radius 3 is 2.37 bits per heavy atom. The molecule has 0 aliphatic rings. The molecule has 6 heteroatoms. The summed E-state index contributed by atoms with van der Waals surface area (Å²) >= 11 is 6.18. The van der Waals surface area contributed by atoms with E-state index < -0.39 is 5.97 Å². The Morgan fingerprint density at radius 1 is 1.32 bits per heavy atom. The molecular formula is C13H14ClN3O2. The van der Waals surface area contributed by atoms with E-state index in [9.17, 15) is 4.79 Å². The molecule has 0 saturated heterocycles. The summed E-state index contributed by atoms with van der Waals surface area (Å²) < 4.78 is 1.56. The first-order valence-corrected chi connectivity index (χ1v) is 6.13. The summed E-state index contributed by atoms with van der Waals surface area (Å²) in [7, 11) is 0. The van der Waals surface area contributed by atoms with E-state index in [0.717, 1.165) is 5.69 Å². The molecule has 0 aliphatic heterocycles. The van der Waals surface area contributed by atoms with Gasteiger partial charge in [-0.2, -0.15) is 5.10 Å². The number of hydrogen-bond donors (Lipinski definition) is 1. The van der Waals surface area contributed by atoms with Crippen molar-refractivity contribution in [2.75, 3.05) is 0 Å². The SMILES string of the molecule is CC(C)(C)c1c(Cl)c(C(=O)O)nn1-c1ccncc1. The highest BCUT2D eigenvalue weighted by atomic mass is 35.5. The van der Waals surface area contributed by atoms with Crippen molar-refractivity contribution in [3.8, 4) is 5.69 Å². The van der Waals surface area contributed by atoms with Gasteiger partial charge in [-0.3, -0.25) is 4.98 Å². The summed E-state index contributed by atoms with van der Waals surface area (Å²) in [4.78, 5) is 15.1. The molecule has 0 amide bonds. The smallest absolute Gasteiger partial charge is 0.358 e. The maximum absolute atomic E-state index is 11.2. The van der Waals surface area contributed by atoms with Crippen molar-refractivity contribution in [3.05, 3.63) is 40.9 Å². The fourth-order valence-corrected chi connectivity index (χ4v) is 2.34. The van der Waals surface area contributed by atoms with Crippen LogP contribution in [-0.2, 0) is 5.41 Å². The fraction of sp³-hybridized carbons (Fsp3) is 0.308. The van der Waals surface area contributed by atoms with Crippen LogP contribution in [0.25, 0.3) is 5.69 Å². The number of aromatic carboxylic acids is 1. The lowest BCUT2D eigenvalue weighted by molar-refractivity contribution is 0.0690. The lowest BCUT2D eigenvalue weighted by Gasteiger charge is -2.20. The Kier molecular flexibility index (Phi) is 3.32. The van der Waals surface area contributed by atoms with Crippen LogP contribution in [0.5, 0.6) is 0 Å². The van der Waals surface area contributed by atoms with Gasteiger partial charge >= 0.3 is 5.97 Å². The van der Waals surface area contributed by atoms with Crippen molar-refractivity contribution < 1.29 is 9.90 Å². The van der Waals surface area contributed by atoms with Crippen LogP contribution in [0, 0.1) is 0 Å². The van der Waals surface area contributed by atoms with Crippen molar-refractivity contribution in [2.24, 2.45) is 0 Å². The van der Waals surface area contributed by atoms with E-state index in [1.54, 1.807) is 29.2 Å². The molecule has 0 spiro atoms. The van der Waals surface area contributed by atoms with E-state index >= 15 is 0 Å². The average molecular weight is 280 g/mol. The second-order valence-corrected chi connectivity index (χ2v) is 5.56. The van der Waals surface area contributed by atoms with E-state index in [1.165, 1.54) is 0 Å². The highest BCUT2D eigenvalue weighted by molar-refractivity contribution is 6.34. The highest BCUT2D eigenvalue weighted by Crippen LogP contribution is 2.33. The standard InChI is InChI=1S/C13H14ClN3O2/c1-13(2,3)11-9(14)10(12(18)19)16-17(11)8-4-6-15-7-5-8/h4-7H,1-3H3,(H,18,19). The van der Waals surface area contributed by atoms with Gasteiger partial charge in [0.05, 0.1) is 16.4 Å². The number of carbonyl (C=O) groups is 1. The van der Waals surface area contributed by atoms with E-state index in [-0.39, 0.29) is 16.1 Å². The minimum Gasteiger partial charge on any atom is -0.476 e. The summed E-state index contributed by atoms with van der Waals surface area (Å²) in [6.45, 7) is 5.87. The van der Waals surface area contributed by atoms with Crippen molar-refractivity contribution >= 4 is 17.6 Å². The van der Waals surface area contributed by atoms with E-state index in [1.807, 2.05) is 20.8 Å². The molecule has 0 saturated carbocycles. The van der Waals surface area contributed by atoms with Gasteiger partial charge in [-0.1, -0.05) is 32.4 Å². The number of halogens is 1.